The number of allylic oxidation sites excluding steroid dienone is 3. The van der Waals surface area contributed by atoms with Crippen molar-refractivity contribution in [2.24, 2.45) is 4.99 Å². The molecule has 0 bridgehead atoms. The zero-order valence-corrected chi connectivity index (χ0v) is 7.56. The Morgan fingerprint density at radius 2 is 2.30 bits per heavy atom. The minimum Gasteiger partial charge on any atom is -0.254 e. The van der Waals surface area contributed by atoms with E-state index in [0.717, 1.165) is 17.5 Å². The molecule has 0 amide bonds. The zero-order chi connectivity index (χ0) is 7.40. The van der Waals surface area contributed by atoms with E-state index in [1.807, 2.05) is 12.3 Å². The summed E-state index contributed by atoms with van der Waals surface area (Å²) < 4.78 is 1.04. The molecule has 0 saturated heterocycles. The minimum absolute atomic E-state index is 1.02. The van der Waals surface area contributed by atoms with Crippen LogP contribution in [0.3, 0.4) is 0 Å². The lowest BCUT2D eigenvalue weighted by Crippen LogP contribution is -1.88. The van der Waals surface area contributed by atoms with Crippen LogP contribution in [0.15, 0.2) is 28.9 Å². The van der Waals surface area contributed by atoms with Crippen molar-refractivity contribution >= 4 is 20.6 Å². The first-order chi connectivity index (χ1) is 4.79. The van der Waals surface area contributed by atoms with E-state index in [1.54, 1.807) is 0 Å². The third-order valence-corrected chi connectivity index (χ3v) is 2.01. The van der Waals surface area contributed by atoms with Crippen LogP contribution >= 0.6 is 15.9 Å². The Morgan fingerprint density at radius 3 is 3.10 bits per heavy atom. The summed E-state index contributed by atoms with van der Waals surface area (Å²) >= 11 is 3.37. The number of hydrogen-bond acceptors (Lipinski definition) is 1. The second kappa shape index (κ2) is 3.71. The fraction of sp³-hybridized carbons (Fsp3) is 0.375. The fourth-order valence-electron chi connectivity index (χ4n) is 0.779. The van der Waals surface area contributed by atoms with Gasteiger partial charge in [-0.25, -0.2) is 0 Å². The average molecular weight is 200 g/mol. The molecule has 1 nitrogen and oxygen atoms in total. The Bertz CT molecular complexity index is 179. The van der Waals surface area contributed by atoms with Crippen molar-refractivity contribution < 1.29 is 0 Å². The Kier molecular flexibility index (Phi) is 2.87. The Labute approximate surface area is 69.7 Å². The molecule has 0 saturated carbocycles. The summed E-state index contributed by atoms with van der Waals surface area (Å²) in [6.45, 7) is 2.13. The molecule has 0 atom stereocenters. The van der Waals surface area contributed by atoms with E-state index in [4.69, 9.17) is 0 Å². The van der Waals surface area contributed by atoms with E-state index in [0.29, 0.717) is 0 Å². The van der Waals surface area contributed by atoms with Gasteiger partial charge in [-0.15, -0.1) is 0 Å². The standard InChI is InChI=1S/C8H10BrN/c1-7-3-2-6-10-8(9)5-4-7/h2-3,6H,4-5H2,1H3/b6-2-,7-3-,10-8?. The van der Waals surface area contributed by atoms with Crippen LogP contribution in [0, 0.1) is 0 Å². The van der Waals surface area contributed by atoms with Crippen molar-refractivity contribution in [2.45, 2.75) is 19.8 Å². The van der Waals surface area contributed by atoms with Crippen molar-refractivity contribution in [1.29, 1.82) is 0 Å². The zero-order valence-electron chi connectivity index (χ0n) is 5.97. The van der Waals surface area contributed by atoms with Crippen molar-refractivity contribution in [1.82, 2.24) is 0 Å². The Hall–Kier alpha value is -0.370. The maximum absolute atomic E-state index is 4.13. The number of hydrogen-bond donors (Lipinski definition) is 0. The molecular weight excluding hydrogens is 190 g/mol. The molecule has 10 heavy (non-hydrogen) atoms. The molecule has 0 spiro atoms. The predicted molar refractivity (Wildman–Crippen MR) is 48.5 cm³/mol. The number of halogens is 1. The molecular formula is C8H10BrN. The third kappa shape index (κ3) is 2.48. The summed E-state index contributed by atoms with van der Waals surface area (Å²) in [7, 11) is 0. The summed E-state index contributed by atoms with van der Waals surface area (Å²) in [6.07, 6.45) is 8.01. The number of aliphatic imine (C=N–C) groups is 1. The monoisotopic (exact) mass is 199 g/mol. The first kappa shape index (κ1) is 7.73. The molecule has 1 heterocycles. The average Bonchev–Trinajstić information content (AvgIpc) is 1.90. The van der Waals surface area contributed by atoms with E-state index < -0.39 is 0 Å². The van der Waals surface area contributed by atoms with E-state index in [2.05, 4.69) is 33.9 Å². The van der Waals surface area contributed by atoms with Gasteiger partial charge >= 0.3 is 0 Å². The molecule has 0 unspecified atom stereocenters. The molecule has 0 N–H and O–H groups in total. The van der Waals surface area contributed by atoms with E-state index in [9.17, 15) is 0 Å². The number of nitrogens with zero attached hydrogens (tertiary/aromatic N) is 1. The van der Waals surface area contributed by atoms with Crippen LogP contribution in [-0.2, 0) is 0 Å². The summed E-state index contributed by atoms with van der Waals surface area (Å²) in [5.74, 6) is 0. The summed E-state index contributed by atoms with van der Waals surface area (Å²) in [6, 6.07) is 0. The van der Waals surface area contributed by atoms with Crippen LogP contribution in [-0.4, -0.2) is 4.62 Å². The highest BCUT2D eigenvalue weighted by Crippen LogP contribution is 2.10. The van der Waals surface area contributed by atoms with Gasteiger partial charge in [-0.1, -0.05) is 11.6 Å². The van der Waals surface area contributed by atoms with Crippen molar-refractivity contribution in [2.75, 3.05) is 0 Å². The predicted octanol–water partition coefficient (Wildman–Crippen LogP) is 3.03. The van der Waals surface area contributed by atoms with E-state index in [1.165, 1.54) is 5.57 Å². The van der Waals surface area contributed by atoms with Gasteiger partial charge in [0.15, 0.2) is 0 Å². The topological polar surface area (TPSA) is 12.4 Å². The third-order valence-electron chi connectivity index (χ3n) is 1.41. The van der Waals surface area contributed by atoms with Gasteiger partial charge in [-0.2, -0.15) is 0 Å². The highest BCUT2D eigenvalue weighted by atomic mass is 79.9. The van der Waals surface area contributed by atoms with Crippen LogP contribution < -0.4 is 0 Å². The summed E-state index contributed by atoms with van der Waals surface area (Å²) in [5.41, 5.74) is 1.41. The van der Waals surface area contributed by atoms with Gasteiger partial charge in [-0.3, -0.25) is 4.99 Å². The summed E-state index contributed by atoms with van der Waals surface area (Å²) in [5, 5.41) is 0. The van der Waals surface area contributed by atoms with Crippen molar-refractivity contribution in [3.63, 3.8) is 0 Å². The highest BCUT2D eigenvalue weighted by molar-refractivity contribution is 9.18. The van der Waals surface area contributed by atoms with Gasteiger partial charge in [0.05, 0.1) is 4.62 Å². The molecule has 54 valence electrons. The lowest BCUT2D eigenvalue weighted by molar-refractivity contribution is 1.02. The van der Waals surface area contributed by atoms with Crippen LogP contribution in [0.25, 0.3) is 0 Å². The van der Waals surface area contributed by atoms with Crippen LogP contribution in [0.2, 0.25) is 0 Å². The molecule has 1 aliphatic rings. The molecule has 0 aliphatic carbocycles. The molecule has 0 aromatic carbocycles. The number of rotatable bonds is 0. The maximum Gasteiger partial charge on any atom is 0.0832 e. The lowest BCUT2D eigenvalue weighted by atomic mass is 10.1. The second-order valence-corrected chi connectivity index (χ2v) is 3.28. The maximum atomic E-state index is 4.13. The second-order valence-electron chi connectivity index (χ2n) is 2.36. The van der Waals surface area contributed by atoms with Crippen molar-refractivity contribution in [3.05, 3.63) is 23.9 Å². The van der Waals surface area contributed by atoms with Gasteiger partial charge in [0.1, 0.15) is 0 Å². The Balaban J connectivity index is 2.69. The first-order valence-corrected chi connectivity index (χ1v) is 4.13. The normalized spacial score (nSPS) is 27.4. The molecule has 0 radical (unpaired) electrons. The van der Waals surface area contributed by atoms with E-state index >= 15 is 0 Å². The first-order valence-electron chi connectivity index (χ1n) is 3.33. The Morgan fingerprint density at radius 1 is 1.50 bits per heavy atom. The fourth-order valence-corrected chi connectivity index (χ4v) is 1.10. The van der Waals surface area contributed by atoms with Gasteiger partial charge < -0.3 is 0 Å². The van der Waals surface area contributed by atoms with Crippen LogP contribution in [0.5, 0.6) is 0 Å². The van der Waals surface area contributed by atoms with Gasteiger partial charge in [0.2, 0.25) is 0 Å². The minimum atomic E-state index is 1.02. The molecule has 0 aromatic heterocycles. The molecule has 2 heteroatoms. The van der Waals surface area contributed by atoms with Crippen molar-refractivity contribution in [3.8, 4) is 0 Å². The van der Waals surface area contributed by atoms with Crippen LogP contribution in [0.4, 0.5) is 0 Å². The lowest BCUT2D eigenvalue weighted by Gasteiger charge is -2.00. The van der Waals surface area contributed by atoms with Crippen LogP contribution in [0.1, 0.15) is 19.8 Å². The highest BCUT2D eigenvalue weighted by Gasteiger charge is 1.95. The molecule has 0 fully saturated rings. The molecule has 1 aliphatic heterocycles. The van der Waals surface area contributed by atoms with Gasteiger partial charge in [-0.05, 0) is 35.4 Å². The smallest absolute Gasteiger partial charge is 0.0832 e. The van der Waals surface area contributed by atoms with Gasteiger partial charge in [0, 0.05) is 12.6 Å². The van der Waals surface area contributed by atoms with Gasteiger partial charge in [0.25, 0.3) is 0 Å². The largest absolute Gasteiger partial charge is 0.254 e. The SMILES string of the molecule is C/C1=C/C=C\N=C(Br)CC1. The quantitative estimate of drug-likeness (QED) is 0.569. The summed E-state index contributed by atoms with van der Waals surface area (Å²) in [4.78, 5) is 4.13. The van der Waals surface area contributed by atoms with E-state index in [-0.39, 0.29) is 0 Å². The molecule has 0 aromatic rings. The molecule has 1 rings (SSSR count).